The van der Waals surface area contributed by atoms with Crippen LogP contribution in [0.4, 0.5) is 0 Å². The van der Waals surface area contributed by atoms with Gasteiger partial charge in [-0.3, -0.25) is 0 Å². The number of hydrogen-bond donors (Lipinski definition) is 0. The fourth-order valence-electron chi connectivity index (χ4n) is 5.29. The zero-order chi connectivity index (χ0) is 29.8. The minimum absolute atomic E-state index is 0. The smallest absolute Gasteiger partial charge is 0.493 e. The van der Waals surface area contributed by atoms with E-state index in [-0.39, 0.29) is 16.5 Å². The van der Waals surface area contributed by atoms with Gasteiger partial charge in [0, 0.05) is 22.3 Å². The Kier molecular flexibility index (Phi) is 22.4. The van der Waals surface area contributed by atoms with Crippen LogP contribution in [0.1, 0.15) is 141 Å². The number of rotatable bonds is 16. The first-order valence-electron chi connectivity index (χ1n) is 16.2. The van der Waals surface area contributed by atoms with Crippen molar-refractivity contribution >= 4 is 11.4 Å². The molecule has 0 saturated carbocycles. The van der Waals surface area contributed by atoms with Gasteiger partial charge in [0.2, 0.25) is 11.4 Å². The van der Waals surface area contributed by atoms with Crippen molar-refractivity contribution in [2.45, 2.75) is 131 Å². The first-order chi connectivity index (χ1) is 19.6. The Balaban J connectivity index is 0.00000306. The molecule has 0 aromatic heterocycles. The molecule has 0 saturated heterocycles. The van der Waals surface area contributed by atoms with Crippen LogP contribution in [0.2, 0.25) is 0 Å². The molecule has 2 nitrogen and oxygen atoms in total. The summed E-state index contributed by atoms with van der Waals surface area (Å²) >= 11 is 0. The van der Waals surface area contributed by atoms with Crippen LogP contribution in [0.5, 0.6) is 0 Å². The third-order valence-corrected chi connectivity index (χ3v) is 7.51. The van der Waals surface area contributed by atoms with Crippen LogP contribution in [0.3, 0.4) is 0 Å². The molecule has 3 rings (SSSR count). The van der Waals surface area contributed by atoms with E-state index >= 15 is 0 Å². The van der Waals surface area contributed by atoms with Crippen LogP contribution < -0.4 is 0 Å². The quantitative estimate of drug-likeness (QED) is 0.0792. The van der Waals surface area contributed by atoms with E-state index in [1.165, 1.54) is 78.3 Å². The van der Waals surface area contributed by atoms with Crippen LogP contribution >= 0.6 is 0 Å². The van der Waals surface area contributed by atoms with Crippen LogP contribution in [0, 0.1) is 13.8 Å². The van der Waals surface area contributed by atoms with Crippen molar-refractivity contribution in [1.29, 1.82) is 0 Å². The number of unbranched alkanes of at least 4 members (excludes halogenated alkanes) is 6. The molecule has 0 atom stereocenters. The summed E-state index contributed by atoms with van der Waals surface area (Å²) in [4.78, 5) is 0. The molecule has 0 amide bonds. The maximum atomic E-state index is 11.7. The maximum absolute atomic E-state index is 11.7. The zero-order valence-electron chi connectivity index (χ0n) is 27.1. The second kappa shape index (κ2) is 23.6. The summed E-state index contributed by atoms with van der Waals surface area (Å²) < 4.78 is 1.53. The van der Waals surface area contributed by atoms with Gasteiger partial charge in [0.25, 0.3) is 0 Å². The van der Waals surface area contributed by atoms with E-state index in [2.05, 4.69) is 90.1 Å². The van der Waals surface area contributed by atoms with Crippen molar-refractivity contribution in [1.82, 2.24) is 0 Å². The predicted octanol–water partition coefficient (Wildman–Crippen LogP) is 12.4. The van der Waals surface area contributed by atoms with Crippen LogP contribution in [-0.4, -0.2) is 4.70 Å². The molecule has 2 aromatic rings. The molecule has 1 heterocycles. The Hall–Kier alpha value is -1.99. The summed E-state index contributed by atoms with van der Waals surface area (Å²) in [5.74, 6) is 0. The molecule has 2 aromatic carbocycles. The molecule has 0 N–H and O–H groups in total. The molecule has 0 aliphatic carbocycles. The van der Waals surface area contributed by atoms with E-state index in [1.807, 2.05) is 0 Å². The molecule has 0 spiro atoms. The predicted molar refractivity (Wildman–Crippen MR) is 178 cm³/mol. The normalized spacial score (nSPS) is 12.4. The molecule has 230 valence electrons. The molecule has 0 fully saturated rings. The van der Waals surface area contributed by atoms with E-state index in [4.69, 9.17) is 0 Å². The van der Waals surface area contributed by atoms with Gasteiger partial charge in [0.05, 0.1) is 0 Å². The van der Waals surface area contributed by atoms with Gasteiger partial charge in [0.15, 0.2) is 0 Å². The summed E-state index contributed by atoms with van der Waals surface area (Å²) in [5.41, 5.74) is 21.5. The molecular formula is C38H58N2Ni. The van der Waals surface area contributed by atoms with E-state index in [9.17, 15) is 5.53 Å². The van der Waals surface area contributed by atoms with Gasteiger partial charge in [-0.25, -0.2) is 4.70 Å². The summed E-state index contributed by atoms with van der Waals surface area (Å²) in [6.07, 6.45) is 16.4. The molecule has 0 radical (unpaired) electrons. The SMILES string of the molecule is CCCCCCC1=C(c2ccc(CCCC)cc2)[N+](=[N-])C(c2ccc(CCCC)cc2)=C1CCCC.[CH2-]C.[CH2-]C.[Ni+2]. The van der Waals surface area contributed by atoms with Gasteiger partial charge in [-0.05, 0) is 86.8 Å². The standard InChI is InChI=1S/C34H48N2.2C2H5.Ni/c1-5-9-13-14-18-32-31(17-12-8-4)33(29-23-19-27(20-24-29)15-10-6-2)36(35)34(32)30-25-21-28(22-26-30)16-11-7-3;2*1-2;/h19-26H,5-18H2,1-4H3;2*1H2,2H3;/q;2*-1;+2. The topological polar surface area (TPSA) is 25.3 Å². The van der Waals surface area contributed by atoms with Crippen molar-refractivity contribution in [3.05, 3.63) is 101 Å². The van der Waals surface area contributed by atoms with Crippen molar-refractivity contribution in [3.8, 4) is 0 Å². The first-order valence-corrected chi connectivity index (χ1v) is 16.2. The number of benzene rings is 2. The number of nitrogens with zero attached hydrogens (tertiary/aromatic N) is 2. The van der Waals surface area contributed by atoms with Gasteiger partial charge in [-0.1, -0.05) is 90.5 Å². The summed E-state index contributed by atoms with van der Waals surface area (Å²) in [6, 6.07) is 17.9. The van der Waals surface area contributed by atoms with Gasteiger partial charge in [0.1, 0.15) is 0 Å². The molecule has 41 heavy (non-hydrogen) atoms. The minimum atomic E-state index is 0. The Morgan fingerprint density at radius 2 is 0.829 bits per heavy atom. The third-order valence-electron chi connectivity index (χ3n) is 7.51. The average Bonchev–Trinajstić information content (AvgIpc) is 3.29. The van der Waals surface area contributed by atoms with Gasteiger partial charge in [-0.2, -0.15) is 13.8 Å². The fourth-order valence-corrected chi connectivity index (χ4v) is 5.29. The largest absolute Gasteiger partial charge is 2.00 e. The van der Waals surface area contributed by atoms with Crippen molar-refractivity contribution < 1.29 is 21.2 Å². The van der Waals surface area contributed by atoms with Gasteiger partial charge >= 0.3 is 16.5 Å². The van der Waals surface area contributed by atoms with Crippen molar-refractivity contribution in [2.75, 3.05) is 0 Å². The van der Waals surface area contributed by atoms with E-state index < -0.39 is 0 Å². The molecular weight excluding hydrogens is 543 g/mol. The van der Waals surface area contributed by atoms with Gasteiger partial charge < -0.3 is 19.4 Å². The Labute approximate surface area is 264 Å². The van der Waals surface area contributed by atoms with E-state index in [0.717, 1.165) is 61.0 Å². The minimum Gasteiger partial charge on any atom is -0.493 e. The van der Waals surface area contributed by atoms with Crippen LogP contribution in [0.25, 0.3) is 16.9 Å². The third kappa shape index (κ3) is 12.0. The molecule has 1 aliphatic heterocycles. The number of aryl methyl sites for hydroxylation is 2. The van der Waals surface area contributed by atoms with Crippen LogP contribution in [-0.2, 0) is 29.3 Å². The van der Waals surface area contributed by atoms with E-state index in [1.54, 1.807) is 13.8 Å². The summed E-state index contributed by atoms with van der Waals surface area (Å²) in [7, 11) is 0. The Morgan fingerprint density at radius 3 is 1.20 bits per heavy atom. The molecule has 0 unspecified atom stereocenters. The summed E-state index contributed by atoms with van der Waals surface area (Å²) in [6.45, 7) is 19.0. The van der Waals surface area contributed by atoms with E-state index in [0.29, 0.717) is 0 Å². The average molecular weight is 602 g/mol. The number of hydrogen-bond acceptors (Lipinski definition) is 0. The fraction of sp³-hybridized carbons (Fsp3) is 0.526. The monoisotopic (exact) mass is 600 g/mol. The number of allylic oxidation sites excluding steroid dienone is 2. The van der Waals surface area contributed by atoms with Crippen molar-refractivity contribution in [2.24, 2.45) is 0 Å². The second-order valence-electron chi connectivity index (χ2n) is 10.5. The van der Waals surface area contributed by atoms with Gasteiger partial charge in [-0.15, -0.1) is 0 Å². The Morgan fingerprint density at radius 1 is 0.488 bits per heavy atom. The molecule has 0 bridgehead atoms. The molecule has 3 heteroatoms. The first kappa shape index (κ1) is 39.0. The van der Waals surface area contributed by atoms with Crippen molar-refractivity contribution in [3.63, 3.8) is 0 Å². The maximum Gasteiger partial charge on any atom is 2.00 e. The molecule has 1 aliphatic rings. The summed E-state index contributed by atoms with van der Waals surface area (Å²) in [5, 5.41) is 0. The van der Waals surface area contributed by atoms with Crippen LogP contribution in [0.15, 0.2) is 59.7 Å². The Bertz CT molecular complexity index is 1030. The zero-order valence-corrected chi connectivity index (χ0v) is 28.1. The second-order valence-corrected chi connectivity index (χ2v) is 10.5.